The molecule has 0 aliphatic carbocycles. The van der Waals surface area contributed by atoms with Crippen LogP contribution in [0.2, 0.25) is 0 Å². The maximum atomic E-state index is 11.8. The van der Waals surface area contributed by atoms with Crippen molar-refractivity contribution in [2.45, 2.75) is 37.9 Å². The molecule has 0 bridgehead atoms. The normalized spacial score (nSPS) is 29.4. The van der Waals surface area contributed by atoms with Gasteiger partial charge in [-0.2, -0.15) is 0 Å². The van der Waals surface area contributed by atoms with Gasteiger partial charge in [0.25, 0.3) is 0 Å². The summed E-state index contributed by atoms with van der Waals surface area (Å²) in [7, 11) is -2.85. The molecule has 1 fully saturated rings. The maximum Gasteiger partial charge on any atom is 0.151 e. The number of sulfone groups is 1. The van der Waals surface area contributed by atoms with E-state index >= 15 is 0 Å². The molecule has 110 valence electrons. The van der Waals surface area contributed by atoms with E-state index in [0.717, 1.165) is 32.4 Å². The largest absolute Gasteiger partial charge is 0.313 e. The van der Waals surface area contributed by atoms with Gasteiger partial charge in [0.1, 0.15) is 0 Å². The van der Waals surface area contributed by atoms with E-state index < -0.39 is 9.84 Å². The number of hydrogen-bond donors (Lipinski definition) is 2. The molecule has 20 heavy (non-hydrogen) atoms. The molecule has 0 amide bonds. The zero-order valence-corrected chi connectivity index (χ0v) is 12.5. The highest BCUT2D eigenvalue weighted by molar-refractivity contribution is 7.91. The summed E-state index contributed by atoms with van der Waals surface area (Å²) in [6, 6.07) is 8.81. The summed E-state index contributed by atoms with van der Waals surface area (Å²) in [6.07, 6.45) is 2.76. The van der Waals surface area contributed by atoms with Crippen LogP contribution < -0.4 is 10.6 Å². The highest BCUT2D eigenvalue weighted by atomic mass is 32.2. The summed E-state index contributed by atoms with van der Waals surface area (Å²) in [5, 5.41) is 7.02. The first-order chi connectivity index (χ1) is 9.64. The van der Waals surface area contributed by atoms with Crippen LogP contribution in [0.25, 0.3) is 0 Å². The Bertz CT molecular complexity index is 571. The van der Waals surface area contributed by atoms with Crippen molar-refractivity contribution in [2.24, 2.45) is 0 Å². The van der Waals surface area contributed by atoms with Crippen molar-refractivity contribution >= 4 is 9.84 Å². The van der Waals surface area contributed by atoms with E-state index in [1.165, 1.54) is 11.1 Å². The molecule has 4 nitrogen and oxygen atoms in total. The van der Waals surface area contributed by atoms with Crippen LogP contribution in [-0.2, 0) is 16.4 Å². The number of fused-ring (bicyclic) bond motifs is 1. The molecule has 1 aromatic rings. The maximum absolute atomic E-state index is 11.8. The summed E-state index contributed by atoms with van der Waals surface area (Å²) >= 11 is 0. The van der Waals surface area contributed by atoms with Crippen molar-refractivity contribution in [3.63, 3.8) is 0 Å². The lowest BCUT2D eigenvalue weighted by molar-refractivity contribution is 0.406. The molecule has 0 radical (unpaired) electrons. The van der Waals surface area contributed by atoms with Crippen molar-refractivity contribution in [2.75, 3.05) is 18.1 Å². The minimum atomic E-state index is -2.85. The van der Waals surface area contributed by atoms with Crippen LogP contribution in [0.3, 0.4) is 0 Å². The van der Waals surface area contributed by atoms with Gasteiger partial charge in [-0.3, -0.25) is 0 Å². The summed E-state index contributed by atoms with van der Waals surface area (Å²) in [5.74, 6) is 0.646. The third kappa shape index (κ3) is 3.22. The smallest absolute Gasteiger partial charge is 0.151 e. The molecule has 1 saturated heterocycles. The van der Waals surface area contributed by atoms with Crippen LogP contribution >= 0.6 is 0 Å². The molecule has 2 aliphatic rings. The van der Waals surface area contributed by atoms with Crippen LogP contribution in [0, 0.1) is 0 Å². The predicted molar refractivity (Wildman–Crippen MR) is 80.3 cm³/mol. The molecule has 1 aromatic carbocycles. The van der Waals surface area contributed by atoms with Gasteiger partial charge < -0.3 is 10.6 Å². The van der Waals surface area contributed by atoms with E-state index in [2.05, 4.69) is 34.9 Å². The molecule has 2 heterocycles. The highest BCUT2D eigenvalue weighted by Gasteiger charge is 2.28. The Balaban J connectivity index is 1.77. The third-order valence-electron chi connectivity index (χ3n) is 4.26. The van der Waals surface area contributed by atoms with Crippen LogP contribution in [0.4, 0.5) is 0 Å². The lowest BCUT2D eigenvalue weighted by atomic mass is 9.98. The van der Waals surface area contributed by atoms with Crippen LogP contribution in [0.5, 0.6) is 0 Å². The average Bonchev–Trinajstić information content (AvgIpc) is 2.61. The highest BCUT2D eigenvalue weighted by Crippen LogP contribution is 2.25. The second-order valence-corrected chi connectivity index (χ2v) is 8.07. The van der Waals surface area contributed by atoms with Gasteiger partial charge in [0.2, 0.25) is 0 Å². The van der Waals surface area contributed by atoms with E-state index in [-0.39, 0.29) is 12.1 Å². The number of benzene rings is 1. The van der Waals surface area contributed by atoms with Gasteiger partial charge in [0.15, 0.2) is 9.84 Å². The molecular formula is C15H22N2O2S. The van der Waals surface area contributed by atoms with Gasteiger partial charge in [-0.25, -0.2) is 8.42 Å². The monoisotopic (exact) mass is 294 g/mol. The second-order valence-electron chi connectivity index (χ2n) is 5.84. The van der Waals surface area contributed by atoms with Gasteiger partial charge >= 0.3 is 0 Å². The van der Waals surface area contributed by atoms with Gasteiger partial charge in [0.05, 0.1) is 11.5 Å². The fourth-order valence-corrected chi connectivity index (χ4v) is 4.92. The van der Waals surface area contributed by atoms with E-state index in [1.54, 1.807) is 0 Å². The minimum Gasteiger partial charge on any atom is -0.313 e. The molecule has 2 N–H and O–H groups in total. The first-order valence-electron chi connectivity index (χ1n) is 7.39. The lowest BCUT2D eigenvalue weighted by Gasteiger charge is -2.28. The Labute approximate surface area is 120 Å². The molecule has 5 heteroatoms. The van der Waals surface area contributed by atoms with Crippen molar-refractivity contribution in [3.05, 3.63) is 35.4 Å². The summed E-state index contributed by atoms with van der Waals surface area (Å²) < 4.78 is 23.5. The second kappa shape index (κ2) is 5.84. The third-order valence-corrected chi connectivity index (χ3v) is 6.08. The van der Waals surface area contributed by atoms with Gasteiger partial charge in [0, 0.05) is 18.6 Å². The first kappa shape index (κ1) is 14.0. The molecule has 2 atom stereocenters. The number of hydrogen-bond acceptors (Lipinski definition) is 4. The van der Waals surface area contributed by atoms with Crippen LogP contribution in [-0.4, -0.2) is 32.5 Å². The lowest BCUT2D eigenvalue weighted by Crippen LogP contribution is -2.42. The first-order valence-corrected chi connectivity index (χ1v) is 9.21. The zero-order chi connectivity index (χ0) is 14.0. The molecule has 0 spiro atoms. The van der Waals surface area contributed by atoms with E-state index in [1.807, 2.05) is 0 Å². The van der Waals surface area contributed by atoms with Crippen LogP contribution in [0.1, 0.15) is 36.4 Å². The van der Waals surface area contributed by atoms with Crippen molar-refractivity contribution in [3.8, 4) is 0 Å². The predicted octanol–water partition coefficient (Wildman–Crippen LogP) is 1.39. The summed E-state index contributed by atoms with van der Waals surface area (Å²) in [6.45, 7) is 1.86. The molecule has 0 saturated carbocycles. The van der Waals surface area contributed by atoms with Crippen molar-refractivity contribution in [1.82, 2.24) is 10.6 Å². The summed E-state index contributed by atoms with van der Waals surface area (Å²) in [4.78, 5) is 0. The average molecular weight is 294 g/mol. The molecule has 3 rings (SSSR count). The fourth-order valence-electron chi connectivity index (χ4n) is 3.27. The van der Waals surface area contributed by atoms with E-state index in [4.69, 9.17) is 0 Å². The summed E-state index contributed by atoms with van der Waals surface area (Å²) in [5.41, 5.74) is 2.64. The van der Waals surface area contributed by atoms with Crippen molar-refractivity contribution in [1.29, 1.82) is 0 Å². The van der Waals surface area contributed by atoms with E-state index in [9.17, 15) is 8.42 Å². The molecule has 2 aliphatic heterocycles. The Morgan fingerprint density at radius 2 is 2.05 bits per heavy atom. The Hall–Kier alpha value is -0.910. The number of rotatable bonds is 2. The fraction of sp³-hybridized carbons (Fsp3) is 0.600. The Morgan fingerprint density at radius 1 is 1.20 bits per heavy atom. The number of nitrogens with one attached hydrogen (secondary N) is 2. The molecular weight excluding hydrogens is 272 g/mol. The Kier molecular flexibility index (Phi) is 4.10. The molecule has 2 unspecified atom stereocenters. The molecule has 0 aromatic heterocycles. The zero-order valence-electron chi connectivity index (χ0n) is 11.6. The quantitative estimate of drug-likeness (QED) is 0.865. The SMILES string of the molecule is O=S1(=O)CCCC(NC2CCNCc3ccccc32)C1. The Morgan fingerprint density at radius 3 is 2.90 bits per heavy atom. The van der Waals surface area contributed by atoms with Gasteiger partial charge in [-0.1, -0.05) is 24.3 Å². The van der Waals surface area contributed by atoms with Gasteiger partial charge in [-0.15, -0.1) is 0 Å². The van der Waals surface area contributed by atoms with Gasteiger partial charge in [-0.05, 0) is 36.9 Å². The van der Waals surface area contributed by atoms with E-state index in [0.29, 0.717) is 11.5 Å². The standard InChI is InChI=1S/C15H22N2O2S/c18-20(19)9-3-5-13(11-20)17-15-7-8-16-10-12-4-1-2-6-14(12)15/h1-2,4,6,13,15-17H,3,5,7-11H2. The van der Waals surface area contributed by atoms with Crippen molar-refractivity contribution < 1.29 is 8.42 Å². The van der Waals surface area contributed by atoms with Crippen LogP contribution in [0.15, 0.2) is 24.3 Å². The topological polar surface area (TPSA) is 58.2 Å². The minimum absolute atomic E-state index is 0.102.